The molecule has 36 heavy (non-hydrogen) atoms. The summed E-state index contributed by atoms with van der Waals surface area (Å²) in [5.41, 5.74) is -0.223. The Balaban J connectivity index is 1.35. The molecule has 0 unspecified atom stereocenters. The van der Waals surface area contributed by atoms with Crippen LogP contribution in [0.4, 0.5) is 18.9 Å². The summed E-state index contributed by atoms with van der Waals surface area (Å²) in [4.78, 5) is 14.3. The highest BCUT2D eigenvalue weighted by Gasteiger charge is 2.31. The zero-order valence-corrected chi connectivity index (χ0v) is 20.1. The molecule has 2 aromatic carbocycles. The lowest BCUT2D eigenvalue weighted by molar-refractivity contribution is -0.137. The number of nitrogens with one attached hydrogen (secondary N) is 2. The molecule has 0 spiro atoms. The number of furan rings is 1. The highest BCUT2D eigenvalue weighted by atomic mass is 32.2. The van der Waals surface area contributed by atoms with Gasteiger partial charge in [-0.1, -0.05) is 18.2 Å². The smallest absolute Gasteiger partial charge is 0.416 e. The molecule has 11 heteroatoms. The van der Waals surface area contributed by atoms with Crippen molar-refractivity contribution in [2.24, 2.45) is 0 Å². The summed E-state index contributed by atoms with van der Waals surface area (Å²) in [5.74, 6) is 0.609. The Kier molecular flexibility index (Phi) is 7.70. The van der Waals surface area contributed by atoms with Crippen molar-refractivity contribution in [3.05, 3.63) is 83.8 Å². The highest BCUT2D eigenvalue weighted by molar-refractivity contribution is 7.92. The number of rotatable bonds is 9. The van der Waals surface area contributed by atoms with Gasteiger partial charge in [0, 0.05) is 12.2 Å². The van der Waals surface area contributed by atoms with E-state index in [2.05, 4.69) is 14.9 Å². The SMILES string of the molecule is O=C(Cc1ccc(NS(=O)(=O)c2cccc(C(F)(F)F)c2)cc1)NC[C@@H](c1ccco1)N1CCCC1. The van der Waals surface area contributed by atoms with Gasteiger partial charge < -0.3 is 9.73 Å². The largest absolute Gasteiger partial charge is 0.468 e. The van der Waals surface area contributed by atoms with E-state index in [0.717, 1.165) is 49.9 Å². The number of sulfonamides is 1. The monoisotopic (exact) mass is 521 g/mol. The molecule has 4 rings (SSSR count). The number of likely N-dealkylation sites (tertiary alicyclic amines) is 1. The second-order valence-electron chi connectivity index (χ2n) is 8.58. The van der Waals surface area contributed by atoms with Gasteiger partial charge in [-0.3, -0.25) is 14.4 Å². The highest BCUT2D eigenvalue weighted by Crippen LogP contribution is 2.31. The molecular formula is C25H26F3N3O4S. The molecule has 2 heterocycles. The van der Waals surface area contributed by atoms with Crippen LogP contribution in [0.3, 0.4) is 0 Å². The minimum absolute atomic E-state index is 0.0425. The zero-order valence-electron chi connectivity index (χ0n) is 19.3. The maximum absolute atomic E-state index is 12.9. The fourth-order valence-corrected chi connectivity index (χ4v) is 5.25. The standard InChI is InChI=1S/C25H26F3N3O4S/c26-25(27,28)19-5-3-6-21(16-19)36(33,34)30-20-10-8-18(9-11-20)15-24(32)29-17-22(23-7-4-14-35-23)31-12-1-2-13-31/h3-11,14,16,22,30H,1-2,12-13,15,17H2,(H,29,32)/t22-/m0/s1. The predicted octanol–water partition coefficient (Wildman–Crippen LogP) is 4.60. The fraction of sp³-hybridized carbons (Fsp3) is 0.320. The van der Waals surface area contributed by atoms with Crippen LogP contribution in [0.15, 0.2) is 76.2 Å². The number of carbonyl (C=O) groups excluding carboxylic acids is 1. The Bertz CT molecular complexity index is 1270. The van der Waals surface area contributed by atoms with Crippen LogP contribution in [-0.4, -0.2) is 38.9 Å². The van der Waals surface area contributed by atoms with Gasteiger partial charge in [0.2, 0.25) is 5.91 Å². The molecule has 1 saturated heterocycles. The summed E-state index contributed by atoms with van der Waals surface area (Å²) in [6.45, 7) is 2.29. The minimum Gasteiger partial charge on any atom is -0.468 e. The van der Waals surface area contributed by atoms with Crippen LogP contribution in [0.5, 0.6) is 0 Å². The Hall–Kier alpha value is -3.31. The second-order valence-corrected chi connectivity index (χ2v) is 10.3. The Morgan fingerprint density at radius 2 is 1.75 bits per heavy atom. The van der Waals surface area contributed by atoms with E-state index in [0.29, 0.717) is 18.2 Å². The average Bonchev–Trinajstić information content (AvgIpc) is 3.55. The van der Waals surface area contributed by atoms with Crippen LogP contribution in [0.2, 0.25) is 0 Å². The molecule has 1 fully saturated rings. The van der Waals surface area contributed by atoms with E-state index < -0.39 is 26.7 Å². The Morgan fingerprint density at radius 1 is 1.03 bits per heavy atom. The quantitative estimate of drug-likeness (QED) is 0.430. The second kappa shape index (κ2) is 10.8. The molecule has 0 radical (unpaired) electrons. The van der Waals surface area contributed by atoms with Crippen LogP contribution in [0.1, 0.15) is 35.8 Å². The van der Waals surface area contributed by atoms with Crippen molar-refractivity contribution in [1.82, 2.24) is 10.2 Å². The van der Waals surface area contributed by atoms with Crippen molar-refractivity contribution in [1.29, 1.82) is 0 Å². The predicted molar refractivity (Wildman–Crippen MR) is 128 cm³/mol. The van der Waals surface area contributed by atoms with Crippen LogP contribution in [0.25, 0.3) is 0 Å². The number of hydrogen-bond acceptors (Lipinski definition) is 5. The Morgan fingerprint density at radius 3 is 2.39 bits per heavy atom. The molecule has 2 N–H and O–H groups in total. The summed E-state index contributed by atoms with van der Waals surface area (Å²) in [7, 11) is -4.22. The third kappa shape index (κ3) is 6.46. The lowest BCUT2D eigenvalue weighted by Gasteiger charge is -2.26. The molecule has 1 aliphatic heterocycles. The fourth-order valence-electron chi connectivity index (χ4n) is 4.15. The molecule has 1 aromatic heterocycles. The van der Waals surface area contributed by atoms with Crippen molar-refractivity contribution in [3.8, 4) is 0 Å². The molecule has 0 bridgehead atoms. The average molecular weight is 522 g/mol. The van der Waals surface area contributed by atoms with Gasteiger partial charge in [0.05, 0.1) is 29.2 Å². The number of halogens is 3. The number of nitrogens with zero attached hydrogens (tertiary/aromatic N) is 1. The third-order valence-electron chi connectivity index (χ3n) is 5.99. The molecular weight excluding hydrogens is 495 g/mol. The van der Waals surface area contributed by atoms with Gasteiger partial charge >= 0.3 is 6.18 Å². The van der Waals surface area contributed by atoms with Crippen molar-refractivity contribution in [2.75, 3.05) is 24.4 Å². The van der Waals surface area contributed by atoms with Crippen molar-refractivity contribution in [3.63, 3.8) is 0 Å². The van der Waals surface area contributed by atoms with Crippen LogP contribution in [-0.2, 0) is 27.4 Å². The molecule has 1 amide bonds. The van der Waals surface area contributed by atoms with Gasteiger partial charge in [-0.25, -0.2) is 8.42 Å². The molecule has 7 nitrogen and oxygen atoms in total. The summed E-state index contributed by atoms with van der Waals surface area (Å²) < 4.78 is 71.7. The first-order valence-corrected chi connectivity index (χ1v) is 12.9. The first kappa shape index (κ1) is 25.8. The van der Waals surface area contributed by atoms with E-state index in [-0.39, 0.29) is 24.1 Å². The minimum atomic E-state index is -4.65. The van der Waals surface area contributed by atoms with Gasteiger partial charge in [0.15, 0.2) is 0 Å². The normalized spacial score (nSPS) is 15.5. The number of benzene rings is 2. The van der Waals surface area contributed by atoms with Gasteiger partial charge in [-0.15, -0.1) is 0 Å². The number of amides is 1. The number of carbonyl (C=O) groups is 1. The molecule has 1 aliphatic rings. The van der Waals surface area contributed by atoms with E-state index in [1.54, 1.807) is 18.4 Å². The Labute approximate surface area is 207 Å². The zero-order chi connectivity index (χ0) is 25.8. The summed E-state index contributed by atoms with van der Waals surface area (Å²) in [6, 6.07) is 13.3. The number of hydrogen-bond donors (Lipinski definition) is 2. The maximum Gasteiger partial charge on any atom is 0.416 e. The van der Waals surface area contributed by atoms with Crippen LogP contribution in [0, 0.1) is 0 Å². The van der Waals surface area contributed by atoms with E-state index in [9.17, 15) is 26.4 Å². The van der Waals surface area contributed by atoms with E-state index in [1.165, 1.54) is 12.1 Å². The first-order chi connectivity index (χ1) is 17.1. The summed E-state index contributed by atoms with van der Waals surface area (Å²) in [6.07, 6.45) is -0.737. The van der Waals surface area contributed by atoms with Crippen molar-refractivity contribution in [2.45, 2.75) is 36.4 Å². The lowest BCUT2D eigenvalue weighted by Crippen LogP contribution is -2.37. The summed E-state index contributed by atoms with van der Waals surface area (Å²) in [5, 5.41) is 2.94. The molecule has 1 atom stereocenters. The third-order valence-corrected chi connectivity index (χ3v) is 7.37. The van der Waals surface area contributed by atoms with Gasteiger partial charge in [-0.2, -0.15) is 13.2 Å². The van der Waals surface area contributed by atoms with Crippen LogP contribution < -0.4 is 10.0 Å². The number of alkyl halides is 3. The van der Waals surface area contributed by atoms with Crippen LogP contribution >= 0.6 is 0 Å². The molecule has 192 valence electrons. The van der Waals surface area contributed by atoms with Crippen molar-refractivity contribution < 1.29 is 30.8 Å². The topological polar surface area (TPSA) is 91.6 Å². The summed E-state index contributed by atoms with van der Waals surface area (Å²) >= 11 is 0. The lowest BCUT2D eigenvalue weighted by atomic mass is 10.1. The molecule has 0 saturated carbocycles. The van der Waals surface area contributed by atoms with Gasteiger partial charge in [-0.05, 0) is 74.0 Å². The first-order valence-electron chi connectivity index (χ1n) is 11.4. The van der Waals surface area contributed by atoms with E-state index in [1.807, 2.05) is 12.1 Å². The van der Waals surface area contributed by atoms with E-state index >= 15 is 0 Å². The van der Waals surface area contributed by atoms with E-state index in [4.69, 9.17) is 4.42 Å². The molecule has 0 aliphatic carbocycles. The number of anilines is 1. The molecule has 3 aromatic rings. The van der Waals surface area contributed by atoms with Crippen molar-refractivity contribution >= 4 is 21.6 Å². The van der Waals surface area contributed by atoms with Gasteiger partial charge in [0.1, 0.15) is 5.76 Å². The van der Waals surface area contributed by atoms with Gasteiger partial charge in [0.25, 0.3) is 10.0 Å². The maximum atomic E-state index is 12.9.